The Bertz CT molecular complexity index is 994. The number of nitrogens with zero attached hydrogens (tertiary/aromatic N) is 1. The van der Waals surface area contributed by atoms with Gasteiger partial charge in [0.2, 0.25) is 0 Å². The van der Waals surface area contributed by atoms with Gasteiger partial charge in [0.1, 0.15) is 5.75 Å². The maximum atomic E-state index is 12.7. The Hall–Kier alpha value is -2.63. The molecule has 0 aliphatic heterocycles. The molecule has 2 atom stereocenters. The van der Waals surface area contributed by atoms with Gasteiger partial charge in [-0.3, -0.25) is 9.69 Å². The molecule has 0 saturated carbocycles. The van der Waals surface area contributed by atoms with Gasteiger partial charge in [0, 0.05) is 28.7 Å². The third-order valence-corrected chi connectivity index (χ3v) is 6.10. The lowest BCUT2D eigenvalue weighted by atomic mass is 9.96. The third kappa shape index (κ3) is 6.21. The maximum Gasteiger partial charge on any atom is 0.307 e. The minimum atomic E-state index is -0.239. The summed E-state index contributed by atoms with van der Waals surface area (Å²) in [4.78, 5) is 15.1. The van der Waals surface area contributed by atoms with Crippen molar-refractivity contribution in [2.45, 2.75) is 38.9 Å². The third-order valence-electron chi connectivity index (χ3n) is 5.60. The van der Waals surface area contributed by atoms with Crippen LogP contribution in [0.4, 0.5) is 0 Å². The van der Waals surface area contributed by atoms with Crippen molar-refractivity contribution in [3.05, 3.63) is 100 Å². The predicted octanol–water partition coefficient (Wildman–Crippen LogP) is 6.72. The van der Waals surface area contributed by atoms with Crippen molar-refractivity contribution >= 4 is 21.9 Å². The van der Waals surface area contributed by atoms with Crippen LogP contribution < -0.4 is 4.74 Å². The molecular formula is C27H30BrNO3. The molecule has 3 aromatic carbocycles. The Morgan fingerprint density at radius 1 is 1.00 bits per heavy atom. The summed E-state index contributed by atoms with van der Waals surface area (Å²) in [6.07, 6.45) is 0.227. The number of carbonyl (C=O) groups is 1. The number of rotatable bonds is 10. The average molecular weight is 496 g/mol. The molecule has 0 heterocycles. The molecule has 4 nitrogen and oxygen atoms in total. The minimum Gasteiger partial charge on any atom is -0.496 e. The average Bonchev–Trinajstić information content (AvgIpc) is 2.82. The second-order valence-electron chi connectivity index (χ2n) is 7.66. The van der Waals surface area contributed by atoms with Crippen LogP contribution >= 0.6 is 15.9 Å². The van der Waals surface area contributed by atoms with E-state index in [4.69, 9.17) is 9.47 Å². The first-order valence-electron chi connectivity index (χ1n) is 10.9. The van der Waals surface area contributed by atoms with Crippen molar-refractivity contribution < 1.29 is 14.3 Å². The van der Waals surface area contributed by atoms with E-state index >= 15 is 0 Å². The molecule has 5 heteroatoms. The maximum absolute atomic E-state index is 12.7. The molecule has 0 aliphatic carbocycles. The molecule has 0 bridgehead atoms. The number of ether oxygens (including phenoxy) is 2. The van der Waals surface area contributed by atoms with Crippen LogP contribution in [0.1, 0.15) is 49.0 Å². The summed E-state index contributed by atoms with van der Waals surface area (Å²) in [6.45, 7) is 5.05. The number of esters is 1. The highest BCUT2D eigenvalue weighted by atomic mass is 79.9. The van der Waals surface area contributed by atoms with Gasteiger partial charge in [-0.1, -0.05) is 76.6 Å². The van der Waals surface area contributed by atoms with Crippen LogP contribution in [0.3, 0.4) is 0 Å². The van der Waals surface area contributed by atoms with Crippen LogP contribution in [0, 0.1) is 0 Å². The highest BCUT2D eigenvalue weighted by molar-refractivity contribution is 9.10. The Labute approximate surface area is 199 Å². The van der Waals surface area contributed by atoms with Crippen LogP contribution in [0.15, 0.2) is 83.3 Å². The number of hydrogen-bond acceptors (Lipinski definition) is 4. The molecular weight excluding hydrogens is 466 g/mol. The van der Waals surface area contributed by atoms with Crippen LogP contribution in [0.5, 0.6) is 5.75 Å². The van der Waals surface area contributed by atoms with E-state index in [1.165, 1.54) is 11.1 Å². The van der Waals surface area contributed by atoms with Crippen molar-refractivity contribution in [2.75, 3.05) is 13.7 Å². The van der Waals surface area contributed by atoms with E-state index in [2.05, 4.69) is 52.0 Å². The van der Waals surface area contributed by atoms with E-state index in [-0.39, 0.29) is 24.5 Å². The van der Waals surface area contributed by atoms with Crippen molar-refractivity contribution in [1.82, 2.24) is 4.90 Å². The monoisotopic (exact) mass is 495 g/mol. The van der Waals surface area contributed by atoms with Gasteiger partial charge in [0.15, 0.2) is 0 Å². The quantitative estimate of drug-likeness (QED) is 0.292. The second kappa shape index (κ2) is 11.8. The van der Waals surface area contributed by atoms with E-state index in [0.29, 0.717) is 13.2 Å². The SMILES string of the molecule is CCOC(=O)CC(c1cc(Br)ccc1OC)N(Cc1ccccc1)C(C)c1ccccc1. The van der Waals surface area contributed by atoms with Gasteiger partial charge in [-0.15, -0.1) is 0 Å². The zero-order chi connectivity index (χ0) is 22.9. The molecule has 0 aromatic heterocycles. The Balaban J connectivity index is 2.11. The molecule has 3 rings (SSSR count). The fraction of sp³-hybridized carbons (Fsp3) is 0.296. The number of halogens is 1. The first-order chi connectivity index (χ1) is 15.5. The van der Waals surface area contributed by atoms with Crippen molar-refractivity contribution in [3.8, 4) is 5.75 Å². The zero-order valence-electron chi connectivity index (χ0n) is 18.8. The lowest BCUT2D eigenvalue weighted by Gasteiger charge is -2.37. The number of carbonyl (C=O) groups excluding carboxylic acids is 1. The van der Waals surface area contributed by atoms with Gasteiger partial charge in [0.25, 0.3) is 0 Å². The molecule has 0 aliphatic rings. The number of methoxy groups -OCH3 is 1. The predicted molar refractivity (Wildman–Crippen MR) is 132 cm³/mol. The van der Waals surface area contributed by atoms with E-state index < -0.39 is 0 Å². The molecule has 168 valence electrons. The highest BCUT2D eigenvalue weighted by Crippen LogP contribution is 2.39. The van der Waals surface area contributed by atoms with Crippen LogP contribution in [-0.2, 0) is 16.1 Å². The van der Waals surface area contributed by atoms with Gasteiger partial charge in [-0.05, 0) is 43.2 Å². The molecule has 0 fully saturated rings. The summed E-state index contributed by atoms with van der Waals surface area (Å²) in [6, 6.07) is 26.4. The summed E-state index contributed by atoms with van der Waals surface area (Å²) in [5.41, 5.74) is 3.32. The summed E-state index contributed by atoms with van der Waals surface area (Å²) in [5.74, 6) is 0.527. The van der Waals surface area contributed by atoms with Gasteiger partial charge in [-0.25, -0.2) is 0 Å². The molecule has 0 amide bonds. The van der Waals surface area contributed by atoms with Crippen LogP contribution in [0.2, 0.25) is 0 Å². The molecule has 3 aromatic rings. The smallest absolute Gasteiger partial charge is 0.307 e. The minimum absolute atomic E-state index is 0.0551. The zero-order valence-corrected chi connectivity index (χ0v) is 20.4. The van der Waals surface area contributed by atoms with Crippen molar-refractivity contribution in [3.63, 3.8) is 0 Å². The van der Waals surface area contributed by atoms with E-state index in [1.807, 2.05) is 61.5 Å². The van der Waals surface area contributed by atoms with Gasteiger partial charge in [-0.2, -0.15) is 0 Å². The van der Waals surface area contributed by atoms with Crippen molar-refractivity contribution in [2.24, 2.45) is 0 Å². The molecule has 0 spiro atoms. The lowest BCUT2D eigenvalue weighted by molar-refractivity contribution is -0.145. The van der Waals surface area contributed by atoms with Gasteiger partial charge >= 0.3 is 5.97 Å². The highest BCUT2D eigenvalue weighted by Gasteiger charge is 2.31. The molecule has 2 unspecified atom stereocenters. The van der Waals surface area contributed by atoms with Crippen LogP contribution in [0.25, 0.3) is 0 Å². The molecule has 0 saturated heterocycles. The van der Waals surface area contributed by atoms with E-state index in [0.717, 1.165) is 15.8 Å². The Morgan fingerprint density at radius 2 is 1.66 bits per heavy atom. The van der Waals surface area contributed by atoms with Gasteiger partial charge < -0.3 is 9.47 Å². The standard InChI is InChI=1S/C27H30BrNO3/c1-4-32-27(30)18-25(24-17-23(28)15-16-26(24)31-3)29(19-21-11-7-5-8-12-21)20(2)22-13-9-6-10-14-22/h5-17,20,25H,4,18-19H2,1-3H3. The van der Waals surface area contributed by atoms with Crippen LogP contribution in [-0.4, -0.2) is 24.6 Å². The summed E-state index contributed by atoms with van der Waals surface area (Å²) >= 11 is 3.60. The normalized spacial score (nSPS) is 12.9. The lowest BCUT2D eigenvalue weighted by Crippen LogP contribution is -2.33. The second-order valence-corrected chi connectivity index (χ2v) is 8.57. The fourth-order valence-corrected chi connectivity index (χ4v) is 4.36. The summed E-state index contributed by atoms with van der Waals surface area (Å²) in [7, 11) is 1.66. The Morgan fingerprint density at radius 3 is 2.28 bits per heavy atom. The van der Waals surface area contributed by atoms with E-state index in [1.54, 1.807) is 7.11 Å². The Kier molecular flexibility index (Phi) is 8.89. The fourth-order valence-electron chi connectivity index (χ4n) is 3.98. The molecule has 0 radical (unpaired) electrons. The summed E-state index contributed by atoms with van der Waals surface area (Å²) in [5, 5.41) is 0. The largest absolute Gasteiger partial charge is 0.496 e. The van der Waals surface area contributed by atoms with Crippen molar-refractivity contribution in [1.29, 1.82) is 0 Å². The number of hydrogen-bond donors (Lipinski definition) is 0. The van der Waals surface area contributed by atoms with Gasteiger partial charge in [0.05, 0.1) is 20.1 Å². The van der Waals surface area contributed by atoms with E-state index in [9.17, 15) is 4.79 Å². The first kappa shape index (κ1) is 24.0. The molecule has 0 N–H and O–H groups in total. The topological polar surface area (TPSA) is 38.8 Å². The first-order valence-corrected chi connectivity index (χ1v) is 11.7. The molecule has 32 heavy (non-hydrogen) atoms. The number of benzene rings is 3. The summed E-state index contributed by atoms with van der Waals surface area (Å²) < 4.78 is 12.0.